The third-order valence-corrected chi connectivity index (χ3v) is 2.39. The molecule has 2 aromatic rings. The Morgan fingerprint density at radius 1 is 1.25 bits per heavy atom. The molecule has 0 fully saturated rings. The van der Waals surface area contributed by atoms with E-state index in [0.717, 1.165) is 29.9 Å². The summed E-state index contributed by atoms with van der Waals surface area (Å²) in [5.74, 6) is 0.687. The Bertz CT molecular complexity index is 448. The van der Waals surface area contributed by atoms with E-state index in [0.29, 0.717) is 6.54 Å². The highest BCUT2D eigenvalue weighted by atomic mass is 19.1. The average molecular weight is 219 g/mol. The highest BCUT2D eigenvalue weighted by Gasteiger charge is 2.03. The van der Waals surface area contributed by atoms with Crippen molar-refractivity contribution in [3.63, 3.8) is 0 Å². The number of hydrogen-bond acceptors (Lipinski definition) is 2. The van der Waals surface area contributed by atoms with Gasteiger partial charge in [0.2, 0.25) is 0 Å². The lowest BCUT2D eigenvalue weighted by molar-refractivity contribution is 0.628. The topological polar surface area (TPSA) is 54.7 Å². The maximum atomic E-state index is 12.7. The first kappa shape index (κ1) is 10.8. The van der Waals surface area contributed by atoms with Gasteiger partial charge in [-0.2, -0.15) is 0 Å². The summed E-state index contributed by atoms with van der Waals surface area (Å²) >= 11 is 0. The van der Waals surface area contributed by atoms with Crippen molar-refractivity contribution < 1.29 is 4.39 Å². The van der Waals surface area contributed by atoms with Crippen molar-refractivity contribution >= 4 is 0 Å². The van der Waals surface area contributed by atoms with Gasteiger partial charge in [0.1, 0.15) is 11.6 Å². The molecular formula is C12H14FN3. The number of aromatic nitrogens is 2. The zero-order valence-corrected chi connectivity index (χ0v) is 8.91. The molecule has 3 nitrogen and oxygen atoms in total. The number of nitrogens with two attached hydrogens (primary N) is 1. The Morgan fingerprint density at radius 2 is 2.00 bits per heavy atom. The summed E-state index contributed by atoms with van der Waals surface area (Å²) in [4.78, 5) is 7.51. The summed E-state index contributed by atoms with van der Waals surface area (Å²) in [6, 6.07) is 6.31. The number of nitrogens with zero attached hydrogens (tertiary/aromatic N) is 1. The van der Waals surface area contributed by atoms with Crippen LogP contribution in [-0.2, 0) is 6.42 Å². The fourth-order valence-electron chi connectivity index (χ4n) is 1.53. The van der Waals surface area contributed by atoms with Crippen LogP contribution in [0.1, 0.15) is 12.2 Å². The molecule has 4 heteroatoms. The van der Waals surface area contributed by atoms with E-state index in [-0.39, 0.29) is 5.82 Å². The summed E-state index contributed by atoms with van der Waals surface area (Å²) in [7, 11) is 0. The monoisotopic (exact) mass is 219 g/mol. The average Bonchev–Trinajstić information content (AvgIpc) is 2.76. The van der Waals surface area contributed by atoms with Crippen LogP contribution >= 0.6 is 0 Å². The van der Waals surface area contributed by atoms with Gasteiger partial charge in [0.25, 0.3) is 0 Å². The molecule has 0 radical (unpaired) electrons. The molecule has 1 aromatic carbocycles. The Morgan fingerprint density at radius 3 is 2.69 bits per heavy atom. The van der Waals surface area contributed by atoms with Crippen molar-refractivity contribution in [3.05, 3.63) is 42.1 Å². The Labute approximate surface area is 93.5 Å². The number of aromatic amines is 1. The number of benzene rings is 1. The molecule has 2 rings (SSSR count). The molecule has 0 amide bonds. The Balaban J connectivity index is 2.15. The molecule has 0 aliphatic heterocycles. The number of halogens is 1. The van der Waals surface area contributed by atoms with Gasteiger partial charge in [0.05, 0.1) is 5.69 Å². The van der Waals surface area contributed by atoms with Crippen molar-refractivity contribution in [1.82, 2.24) is 9.97 Å². The quantitative estimate of drug-likeness (QED) is 0.827. The van der Waals surface area contributed by atoms with E-state index in [1.54, 1.807) is 12.1 Å². The molecule has 0 aliphatic rings. The third kappa shape index (κ3) is 2.46. The molecule has 0 spiro atoms. The summed E-state index contributed by atoms with van der Waals surface area (Å²) < 4.78 is 12.7. The van der Waals surface area contributed by atoms with Crippen molar-refractivity contribution in [1.29, 1.82) is 0 Å². The van der Waals surface area contributed by atoms with Crippen LogP contribution in [0.2, 0.25) is 0 Å². The lowest BCUT2D eigenvalue weighted by atomic mass is 10.2. The van der Waals surface area contributed by atoms with Gasteiger partial charge in [-0.25, -0.2) is 9.37 Å². The first-order valence-corrected chi connectivity index (χ1v) is 5.30. The van der Waals surface area contributed by atoms with Gasteiger partial charge in [-0.15, -0.1) is 0 Å². The standard InChI is InChI=1S/C12H14FN3/c13-10-5-3-9(4-6-10)11-8-15-12(16-11)2-1-7-14/h3-6,8H,1-2,7,14H2,(H,15,16). The van der Waals surface area contributed by atoms with Crippen LogP contribution in [0.5, 0.6) is 0 Å². The van der Waals surface area contributed by atoms with Crippen molar-refractivity contribution in [3.8, 4) is 11.3 Å². The molecule has 3 N–H and O–H groups in total. The van der Waals surface area contributed by atoms with Crippen molar-refractivity contribution in [2.45, 2.75) is 12.8 Å². The van der Waals surface area contributed by atoms with Crippen LogP contribution in [0.25, 0.3) is 11.3 Å². The van der Waals surface area contributed by atoms with E-state index in [2.05, 4.69) is 9.97 Å². The van der Waals surface area contributed by atoms with Crippen LogP contribution in [0.4, 0.5) is 4.39 Å². The molecule has 0 saturated heterocycles. The maximum Gasteiger partial charge on any atom is 0.123 e. The molecular weight excluding hydrogens is 205 g/mol. The number of hydrogen-bond donors (Lipinski definition) is 2. The van der Waals surface area contributed by atoms with E-state index in [9.17, 15) is 4.39 Å². The van der Waals surface area contributed by atoms with Crippen LogP contribution in [0, 0.1) is 5.82 Å². The van der Waals surface area contributed by atoms with Crippen molar-refractivity contribution in [2.24, 2.45) is 5.73 Å². The van der Waals surface area contributed by atoms with Gasteiger partial charge in [-0.3, -0.25) is 0 Å². The Kier molecular flexibility index (Phi) is 3.31. The fraction of sp³-hybridized carbons (Fsp3) is 0.250. The van der Waals surface area contributed by atoms with Gasteiger partial charge < -0.3 is 10.7 Å². The van der Waals surface area contributed by atoms with E-state index < -0.39 is 0 Å². The van der Waals surface area contributed by atoms with Gasteiger partial charge in [-0.1, -0.05) is 0 Å². The lowest BCUT2D eigenvalue weighted by Crippen LogP contribution is -2.01. The van der Waals surface area contributed by atoms with Gasteiger partial charge in [0, 0.05) is 18.2 Å². The van der Waals surface area contributed by atoms with E-state index in [1.807, 2.05) is 6.20 Å². The minimum absolute atomic E-state index is 0.234. The SMILES string of the molecule is NCCCc1nc(-c2ccc(F)cc2)c[nH]1. The second-order valence-corrected chi connectivity index (χ2v) is 3.63. The van der Waals surface area contributed by atoms with Crippen LogP contribution in [-0.4, -0.2) is 16.5 Å². The van der Waals surface area contributed by atoms with Gasteiger partial charge in [0.15, 0.2) is 0 Å². The second-order valence-electron chi connectivity index (χ2n) is 3.63. The molecule has 0 bridgehead atoms. The highest BCUT2D eigenvalue weighted by molar-refractivity contribution is 5.58. The normalized spacial score (nSPS) is 10.6. The van der Waals surface area contributed by atoms with Gasteiger partial charge in [-0.05, 0) is 37.2 Å². The number of H-pyrrole nitrogens is 1. The van der Waals surface area contributed by atoms with Crippen LogP contribution in [0.15, 0.2) is 30.5 Å². The maximum absolute atomic E-state index is 12.7. The summed E-state index contributed by atoms with van der Waals surface area (Å²) in [5.41, 5.74) is 7.18. The molecule has 0 atom stereocenters. The van der Waals surface area contributed by atoms with E-state index >= 15 is 0 Å². The van der Waals surface area contributed by atoms with Crippen LogP contribution in [0.3, 0.4) is 0 Å². The van der Waals surface area contributed by atoms with Crippen LogP contribution < -0.4 is 5.73 Å². The molecule has 1 aromatic heterocycles. The molecule has 16 heavy (non-hydrogen) atoms. The molecule has 0 saturated carbocycles. The predicted octanol–water partition coefficient (Wildman–Crippen LogP) is 2.11. The largest absolute Gasteiger partial charge is 0.348 e. The zero-order valence-electron chi connectivity index (χ0n) is 8.91. The Hall–Kier alpha value is -1.68. The minimum Gasteiger partial charge on any atom is -0.348 e. The van der Waals surface area contributed by atoms with E-state index in [4.69, 9.17) is 5.73 Å². The van der Waals surface area contributed by atoms with Gasteiger partial charge >= 0.3 is 0 Å². The number of nitrogens with one attached hydrogen (secondary N) is 1. The first-order chi connectivity index (χ1) is 7.79. The van der Waals surface area contributed by atoms with Crippen molar-refractivity contribution in [2.75, 3.05) is 6.54 Å². The lowest BCUT2D eigenvalue weighted by Gasteiger charge is -1.95. The highest BCUT2D eigenvalue weighted by Crippen LogP contribution is 2.17. The summed E-state index contributed by atoms with van der Waals surface area (Å²) in [6.45, 7) is 0.659. The minimum atomic E-state index is -0.234. The number of rotatable bonds is 4. The zero-order chi connectivity index (χ0) is 11.4. The molecule has 84 valence electrons. The number of aryl methyl sites for hydroxylation is 1. The molecule has 1 heterocycles. The summed E-state index contributed by atoms with van der Waals surface area (Å²) in [6.07, 6.45) is 3.59. The predicted molar refractivity (Wildman–Crippen MR) is 61.4 cm³/mol. The first-order valence-electron chi connectivity index (χ1n) is 5.30. The summed E-state index contributed by atoms with van der Waals surface area (Å²) in [5, 5.41) is 0. The smallest absolute Gasteiger partial charge is 0.123 e. The third-order valence-electron chi connectivity index (χ3n) is 2.39. The second kappa shape index (κ2) is 4.90. The van der Waals surface area contributed by atoms with E-state index in [1.165, 1.54) is 12.1 Å². The molecule has 0 unspecified atom stereocenters. The fourth-order valence-corrected chi connectivity index (χ4v) is 1.53. The number of imidazole rings is 1. The molecule has 0 aliphatic carbocycles.